The van der Waals surface area contributed by atoms with Gasteiger partial charge in [-0.1, -0.05) is 69.7 Å². The lowest BCUT2D eigenvalue weighted by Gasteiger charge is -2.42. The molecule has 2 heteroatoms. The summed E-state index contributed by atoms with van der Waals surface area (Å²) in [6.45, 7) is 9.55. The monoisotopic (exact) mass is 388 g/mol. The number of hydrogen-bond donors (Lipinski definition) is 1. The van der Waals surface area contributed by atoms with Gasteiger partial charge in [0.25, 0.3) is 0 Å². The molecule has 0 aromatic heterocycles. The van der Waals surface area contributed by atoms with E-state index in [9.17, 15) is 4.79 Å². The van der Waals surface area contributed by atoms with E-state index in [1.54, 1.807) is 17.7 Å². The van der Waals surface area contributed by atoms with Gasteiger partial charge >= 0.3 is 5.97 Å². The number of allylic oxidation sites excluding steroid dienone is 1. The molecule has 1 unspecified atom stereocenters. The first-order chi connectivity index (χ1) is 13.7. The maximum absolute atomic E-state index is 11.0. The smallest absolute Gasteiger partial charge is 0.335 e. The summed E-state index contributed by atoms with van der Waals surface area (Å²) in [5.41, 5.74) is 8.00. The molecule has 1 fully saturated rings. The lowest BCUT2D eigenvalue weighted by Crippen LogP contribution is -2.33. The van der Waals surface area contributed by atoms with Gasteiger partial charge in [-0.25, -0.2) is 4.79 Å². The van der Waals surface area contributed by atoms with Gasteiger partial charge in [0, 0.05) is 0 Å². The minimum Gasteiger partial charge on any atom is -0.478 e. The lowest BCUT2D eigenvalue weighted by atomic mass is 9.62. The normalized spacial score (nSPS) is 23.7. The molecular formula is C27H32O2. The Morgan fingerprint density at radius 3 is 2.28 bits per heavy atom. The summed E-state index contributed by atoms with van der Waals surface area (Å²) in [4.78, 5) is 11.0. The van der Waals surface area contributed by atoms with E-state index in [0.29, 0.717) is 11.5 Å². The van der Waals surface area contributed by atoms with Crippen LogP contribution in [0.3, 0.4) is 0 Å². The molecule has 2 nitrogen and oxygen atoms in total. The van der Waals surface area contributed by atoms with E-state index in [2.05, 4.69) is 52.0 Å². The predicted octanol–water partition coefficient (Wildman–Crippen LogP) is 7.08. The highest BCUT2D eigenvalue weighted by Crippen LogP contribution is 2.48. The van der Waals surface area contributed by atoms with Crippen molar-refractivity contribution >= 4 is 12.0 Å². The molecule has 0 amide bonds. The summed E-state index contributed by atoms with van der Waals surface area (Å²) in [7, 11) is 0. The number of hydrogen-bond acceptors (Lipinski definition) is 1. The second kappa shape index (κ2) is 7.16. The number of carboxylic acids is 1. The van der Waals surface area contributed by atoms with Crippen LogP contribution in [0.15, 0.2) is 48.0 Å². The Bertz CT molecular complexity index is 961. The average molecular weight is 389 g/mol. The molecule has 0 bridgehead atoms. The Balaban J connectivity index is 1.56. The topological polar surface area (TPSA) is 37.3 Å². The van der Waals surface area contributed by atoms with Crippen LogP contribution in [-0.2, 0) is 10.8 Å². The summed E-state index contributed by atoms with van der Waals surface area (Å²) < 4.78 is 0. The standard InChI is InChI=1S/C27H32O2/c1-26(2)13-14-27(3,4)24-17-22(11-12-23(24)26)21-10-7-19(16-21)15-18-5-8-20(9-6-18)25(28)29/h5-6,8-9,11-12,15,17,21H,7,10,13-14,16H2,1-4H3,(H,28,29)/b19-15+. The number of carbonyl (C=O) groups is 1. The Kier molecular flexibility index (Phi) is 4.93. The number of carboxylic acid groups (broad SMARTS) is 1. The summed E-state index contributed by atoms with van der Waals surface area (Å²) in [6.07, 6.45) is 8.17. The van der Waals surface area contributed by atoms with Crippen molar-refractivity contribution in [2.45, 2.75) is 76.5 Å². The van der Waals surface area contributed by atoms with Crippen molar-refractivity contribution in [3.05, 3.63) is 75.9 Å². The first-order valence-corrected chi connectivity index (χ1v) is 10.8. The molecular weight excluding hydrogens is 356 g/mol. The van der Waals surface area contributed by atoms with Gasteiger partial charge in [-0.15, -0.1) is 0 Å². The minimum absolute atomic E-state index is 0.254. The van der Waals surface area contributed by atoms with Crippen LogP contribution >= 0.6 is 0 Å². The number of fused-ring (bicyclic) bond motifs is 1. The fraction of sp³-hybridized carbons (Fsp3) is 0.444. The molecule has 0 heterocycles. The largest absolute Gasteiger partial charge is 0.478 e. The van der Waals surface area contributed by atoms with E-state index < -0.39 is 5.97 Å². The molecule has 2 aromatic rings. The van der Waals surface area contributed by atoms with Crippen LogP contribution in [0.25, 0.3) is 6.08 Å². The second-order valence-electron chi connectivity index (χ2n) is 10.2. The second-order valence-corrected chi connectivity index (χ2v) is 10.2. The Morgan fingerprint density at radius 1 is 0.966 bits per heavy atom. The van der Waals surface area contributed by atoms with Gasteiger partial charge in [-0.3, -0.25) is 0 Å². The summed E-state index contributed by atoms with van der Waals surface area (Å²) in [5, 5.41) is 9.06. The zero-order valence-corrected chi connectivity index (χ0v) is 18.1. The third-order valence-corrected chi connectivity index (χ3v) is 7.20. The lowest BCUT2D eigenvalue weighted by molar-refractivity contribution is 0.0697. The van der Waals surface area contributed by atoms with Crippen molar-refractivity contribution in [2.75, 3.05) is 0 Å². The van der Waals surface area contributed by atoms with Crippen molar-refractivity contribution in [1.82, 2.24) is 0 Å². The molecule has 152 valence electrons. The maximum Gasteiger partial charge on any atom is 0.335 e. The highest BCUT2D eigenvalue weighted by atomic mass is 16.4. The quantitative estimate of drug-likeness (QED) is 0.609. The van der Waals surface area contributed by atoms with Crippen LogP contribution in [0.2, 0.25) is 0 Å². The summed E-state index contributed by atoms with van der Waals surface area (Å²) >= 11 is 0. The molecule has 1 saturated carbocycles. The Hall–Kier alpha value is -2.35. The average Bonchev–Trinajstić information content (AvgIpc) is 3.14. The molecule has 0 spiro atoms. The van der Waals surface area contributed by atoms with E-state index in [1.165, 1.54) is 36.0 Å². The molecule has 4 rings (SSSR count). The van der Waals surface area contributed by atoms with Crippen molar-refractivity contribution in [3.8, 4) is 0 Å². The van der Waals surface area contributed by atoms with Gasteiger partial charge in [0.15, 0.2) is 0 Å². The van der Waals surface area contributed by atoms with E-state index >= 15 is 0 Å². The zero-order valence-electron chi connectivity index (χ0n) is 18.1. The van der Waals surface area contributed by atoms with Crippen LogP contribution in [0.5, 0.6) is 0 Å². The van der Waals surface area contributed by atoms with Crippen molar-refractivity contribution in [3.63, 3.8) is 0 Å². The summed E-state index contributed by atoms with van der Waals surface area (Å²) in [5.74, 6) is -0.283. The first-order valence-electron chi connectivity index (χ1n) is 10.8. The van der Waals surface area contributed by atoms with Crippen LogP contribution in [-0.4, -0.2) is 11.1 Å². The molecule has 0 aliphatic heterocycles. The van der Waals surface area contributed by atoms with Gasteiger partial charge in [0.1, 0.15) is 0 Å². The highest BCUT2D eigenvalue weighted by molar-refractivity contribution is 5.87. The SMILES string of the molecule is CC1(C)CCC(C)(C)c2cc(C3CC/C(=C\c4ccc(C(=O)O)cc4)C3)ccc21. The van der Waals surface area contributed by atoms with Crippen LogP contribution in [0, 0.1) is 0 Å². The van der Waals surface area contributed by atoms with Crippen LogP contribution in [0.1, 0.15) is 98.3 Å². The molecule has 2 aromatic carbocycles. The van der Waals surface area contributed by atoms with Gasteiger partial charge in [-0.2, -0.15) is 0 Å². The predicted molar refractivity (Wildman–Crippen MR) is 120 cm³/mol. The molecule has 2 aliphatic rings. The highest BCUT2D eigenvalue weighted by Gasteiger charge is 2.37. The number of rotatable bonds is 3. The van der Waals surface area contributed by atoms with Gasteiger partial charge in [-0.05, 0) is 83.2 Å². The summed E-state index contributed by atoms with van der Waals surface area (Å²) in [6, 6.07) is 14.5. The van der Waals surface area contributed by atoms with Gasteiger partial charge in [0.2, 0.25) is 0 Å². The fourth-order valence-electron chi connectivity index (χ4n) is 5.11. The van der Waals surface area contributed by atoms with Crippen LogP contribution in [0.4, 0.5) is 0 Å². The fourth-order valence-corrected chi connectivity index (χ4v) is 5.11. The molecule has 1 atom stereocenters. The number of aromatic carboxylic acids is 1. The third kappa shape index (κ3) is 3.90. The van der Waals surface area contributed by atoms with Crippen LogP contribution < -0.4 is 0 Å². The third-order valence-electron chi connectivity index (χ3n) is 7.20. The van der Waals surface area contributed by atoms with Gasteiger partial charge in [0.05, 0.1) is 5.56 Å². The molecule has 0 saturated heterocycles. The van der Waals surface area contributed by atoms with Crippen molar-refractivity contribution < 1.29 is 9.90 Å². The van der Waals surface area contributed by atoms with Crippen molar-refractivity contribution in [2.24, 2.45) is 0 Å². The Labute approximate surface area is 174 Å². The number of benzene rings is 2. The maximum atomic E-state index is 11.0. The van der Waals surface area contributed by atoms with Crippen molar-refractivity contribution in [1.29, 1.82) is 0 Å². The molecule has 1 N–H and O–H groups in total. The Morgan fingerprint density at radius 2 is 1.62 bits per heavy atom. The van der Waals surface area contributed by atoms with E-state index in [4.69, 9.17) is 5.11 Å². The molecule has 0 radical (unpaired) electrons. The van der Waals surface area contributed by atoms with E-state index in [-0.39, 0.29) is 10.8 Å². The minimum atomic E-state index is -0.872. The molecule has 29 heavy (non-hydrogen) atoms. The zero-order chi connectivity index (χ0) is 20.8. The van der Waals surface area contributed by atoms with Gasteiger partial charge < -0.3 is 5.11 Å². The first kappa shape index (κ1) is 19.9. The van der Waals surface area contributed by atoms with E-state index in [1.807, 2.05) is 12.1 Å². The molecule has 2 aliphatic carbocycles. The van der Waals surface area contributed by atoms with E-state index in [0.717, 1.165) is 18.4 Å².